The van der Waals surface area contributed by atoms with Crippen LogP contribution in [0.3, 0.4) is 0 Å². The van der Waals surface area contributed by atoms with E-state index in [1.807, 2.05) is 60.0 Å². The molecule has 0 radical (unpaired) electrons. The van der Waals surface area contributed by atoms with E-state index in [1.54, 1.807) is 35.0 Å². The number of nitrogens with one attached hydrogen (secondary N) is 1. The van der Waals surface area contributed by atoms with Gasteiger partial charge >= 0.3 is 0 Å². The number of aromatic nitrogens is 5. The van der Waals surface area contributed by atoms with Gasteiger partial charge in [0.25, 0.3) is 0 Å². The van der Waals surface area contributed by atoms with Crippen LogP contribution in [0.5, 0.6) is 17.2 Å². The van der Waals surface area contributed by atoms with Crippen molar-refractivity contribution in [3.63, 3.8) is 0 Å². The molecule has 2 aromatic carbocycles. The van der Waals surface area contributed by atoms with Crippen molar-refractivity contribution >= 4 is 33.8 Å². The van der Waals surface area contributed by atoms with Crippen molar-refractivity contribution in [1.29, 1.82) is 0 Å². The molecule has 3 unspecified atom stereocenters. The van der Waals surface area contributed by atoms with E-state index in [0.717, 1.165) is 47.0 Å². The molecule has 5 aromatic rings. The third kappa shape index (κ3) is 13.4. The van der Waals surface area contributed by atoms with Gasteiger partial charge in [-0.1, -0.05) is 79.4 Å². The molecular weight excluding hydrogens is 694 g/mol. The minimum absolute atomic E-state index is 0.158. The van der Waals surface area contributed by atoms with Gasteiger partial charge in [-0.25, -0.2) is 23.9 Å². The number of carbonyl (C=O) groups excluding carboxylic acids is 1. The predicted molar refractivity (Wildman–Crippen MR) is 223 cm³/mol. The standard InChI is InChI=1S/C29H31FN6O2.C11H21NO.C4H10/c1-5-6-7-18(2)15-37-28-19(3)8-9-23-27(28)29(33-16-31-23)35-24-12-20(4)25(14-22(24)30)38-21-10-11-36-26(13-21)32-17-34-36;1-6-9(2)11(13)8-7-10(3)12(4)5;1-3-4-2/h8-14,16-18H,5-7,15H2,1-4H3,(H,31,33,35);7-10H,6H2,1-5H3;3-4H2,1-2H3/b;8-7+;. The second-order valence-corrected chi connectivity index (χ2v) is 14.4. The van der Waals surface area contributed by atoms with Crippen LogP contribution in [-0.2, 0) is 4.79 Å². The number of nitrogens with zero attached hydrogens (tertiary/aromatic N) is 6. The summed E-state index contributed by atoms with van der Waals surface area (Å²) in [5, 5.41) is 7.98. The van der Waals surface area contributed by atoms with Gasteiger partial charge in [0.15, 0.2) is 11.4 Å². The molecule has 5 rings (SSSR count). The Kier molecular flexibility index (Phi) is 18.2. The van der Waals surface area contributed by atoms with Gasteiger partial charge in [0.1, 0.15) is 41.5 Å². The molecule has 298 valence electrons. The molecule has 0 fully saturated rings. The number of ketones is 1. The van der Waals surface area contributed by atoms with Gasteiger partial charge in [0.2, 0.25) is 0 Å². The fourth-order valence-electron chi connectivity index (χ4n) is 5.12. The molecule has 0 saturated carbocycles. The van der Waals surface area contributed by atoms with Crippen molar-refractivity contribution in [3.8, 4) is 17.2 Å². The maximum Gasteiger partial charge on any atom is 0.158 e. The van der Waals surface area contributed by atoms with Gasteiger partial charge in [-0.05, 0) is 89.0 Å². The van der Waals surface area contributed by atoms with Crippen molar-refractivity contribution < 1.29 is 18.7 Å². The normalized spacial score (nSPS) is 12.8. The molecule has 3 heterocycles. The lowest BCUT2D eigenvalue weighted by molar-refractivity contribution is -0.117. The lowest BCUT2D eigenvalue weighted by Crippen LogP contribution is -2.22. The lowest BCUT2D eigenvalue weighted by Gasteiger charge is -2.18. The van der Waals surface area contributed by atoms with Crippen LogP contribution in [0, 0.1) is 31.5 Å². The minimum Gasteiger partial charge on any atom is -0.492 e. The number of unbranched alkanes of at least 4 members (excludes halogenated alkanes) is 2. The average Bonchev–Trinajstić information content (AvgIpc) is 3.65. The zero-order chi connectivity index (χ0) is 40.5. The summed E-state index contributed by atoms with van der Waals surface area (Å²) in [6.07, 6.45) is 15.3. The summed E-state index contributed by atoms with van der Waals surface area (Å²) in [5.74, 6) is 2.50. The highest BCUT2D eigenvalue weighted by molar-refractivity contribution is 5.97. The van der Waals surface area contributed by atoms with Crippen molar-refractivity contribution in [1.82, 2.24) is 29.5 Å². The highest BCUT2D eigenvalue weighted by Gasteiger charge is 2.17. The molecule has 55 heavy (non-hydrogen) atoms. The molecule has 1 N–H and O–H groups in total. The predicted octanol–water partition coefficient (Wildman–Crippen LogP) is 11.1. The van der Waals surface area contributed by atoms with Gasteiger partial charge in [-0.15, -0.1) is 0 Å². The first-order chi connectivity index (χ1) is 26.3. The molecular formula is C44H62FN7O3. The van der Waals surface area contributed by atoms with E-state index in [-0.39, 0.29) is 17.4 Å². The molecule has 0 aliphatic heterocycles. The van der Waals surface area contributed by atoms with Crippen LogP contribution >= 0.6 is 0 Å². The topological polar surface area (TPSA) is 107 Å². The molecule has 10 nitrogen and oxygen atoms in total. The zero-order valence-electron chi connectivity index (χ0n) is 34.8. The quantitative estimate of drug-likeness (QED) is 0.0985. The average molecular weight is 756 g/mol. The van der Waals surface area contributed by atoms with Gasteiger partial charge in [-0.2, -0.15) is 5.10 Å². The Labute approximate surface area is 327 Å². The van der Waals surface area contributed by atoms with Crippen LogP contribution in [0.4, 0.5) is 15.9 Å². The van der Waals surface area contributed by atoms with E-state index in [0.29, 0.717) is 41.5 Å². The number of halogens is 1. The molecule has 0 amide bonds. The number of hydrogen-bond donors (Lipinski definition) is 1. The fourth-order valence-corrected chi connectivity index (χ4v) is 5.12. The third-order valence-electron chi connectivity index (χ3n) is 9.46. The summed E-state index contributed by atoms with van der Waals surface area (Å²) in [5.41, 5.74) is 3.38. The second-order valence-electron chi connectivity index (χ2n) is 14.4. The van der Waals surface area contributed by atoms with Gasteiger partial charge < -0.3 is 19.7 Å². The van der Waals surface area contributed by atoms with E-state index in [9.17, 15) is 4.79 Å². The Bertz CT molecular complexity index is 1970. The summed E-state index contributed by atoms with van der Waals surface area (Å²) < 4.78 is 29.2. The van der Waals surface area contributed by atoms with Crippen LogP contribution in [-0.4, -0.2) is 62.0 Å². The molecule has 11 heteroatoms. The number of hydrogen-bond acceptors (Lipinski definition) is 9. The van der Waals surface area contributed by atoms with Crippen LogP contribution < -0.4 is 14.8 Å². The van der Waals surface area contributed by atoms with Crippen LogP contribution in [0.25, 0.3) is 16.6 Å². The smallest absolute Gasteiger partial charge is 0.158 e. The van der Waals surface area contributed by atoms with Gasteiger partial charge in [0.05, 0.1) is 23.2 Å². The Morgan fingerprint density at radius 1 is 0.945 bits per heavy atom. The Balaban J connectivity index is 0.000000401. The van der Waals surface area contributed by atoms with E-state index < -0.39 is 5.82 Å². The summed E-state index contributed by atoms with van der Waals surface area (Å²) in [4.78, 5) is 26.5. The van der Waals surface area contributed by atoms with Crippen molar-refractivity contribution in [2.45, 2.75) is 107 Å². The molecule has 3 aromatic heterocycles. The SMILES string of the molecule is CCC(C)C(=O)/C=C/C(C)N(C)C.CCCC.CCCCC(C)COc1c(C)ccc2ncnc(Nc3cc(C)c(Oc4ccn5ncnc5c4)cc3F)c12. The van der Waals surface area contributed by atoms with Crippen LogP contribution in [0.1, 0.15) is 98.1 Å². The number of fused-ring (bicyclic) bond motifs is 2. The van der Waals surface area contributed by atoms with Crippen molar-refractivity contribution in [2.24, 2.45) is 11.8 Å². The Morgan fingerprint density at radius 3 is 2.36 bits per heavy atom. The number of allylic oxidation sites excluding steroid dienone is 1. The molecule has 0 saturated heterocycles. The maximum atomic E-state index is 15.3. The largest absolute Gasteiger partial charge is 0.492 e. The third-order valence-corrected chi connectivity index (χ3v) is 9.46. The number of anilines is 2. The first-order valence-electron chi connectivity index (χ1n) is 19.6. The van der Waals surface area contributed by atoms with Crippen LogP contribution in [0.2, 0.25) is 0 Å². The van der Waals surface area contributed by atoms with Gasteiger partial charge in [-0.3, -0.25) is 4.79 Å². The molecule has 3 atom stereocenters. The molecule has 0 bridgehead atoms. The number of rotatable bonds is 16. The monoisotopic (exact) mass is 755 g/mol. The summed E-state index contributed by atoms with van der Waals surface area (Å²) >= 11 is 0. The zero-order valence-corrected chi connectivity index (χ0v) is 34.8. The molecule has 0 spiro atoms. The van der Waals surface area contributed by atoms with Crippen LogP contribution in [0.15, 0.2) is 67.4 Å². The number of aryl methyl sites for hydroxylation is 2. The Morgan fingerprint density at radius 2 is 1.69 bits per heavy atom. The summed E-state index contributed by atoms with van der Waals surface area (Å²) in [6, 6.07) is 10.8. The first-order valence-corrected chi connectivity index (χ1v) is 19.6. The minimum atomic E-state index is -0.468. The number of benzene rings is 2. The van der Waals surface area contributed by atoms with Crippen molar-refractivity contribution in [2.75, 3.05) is 26.0 Å². The molecule has 0 aliphatic rings. The highest BCUT2D eigenvalue weighted by Crippen LogP contribution is 2.37. The fraction of sp³-hybridized carbons (Fsp3) is 0.477. The highest BCUT2D eigenvalue weighted by atomic mass is 19.1. The summed E-state index contributed by atoms with van der Waals surface area (Å²) in [6.45, 7) is 19.3. The van der Waals surface area contributed by atoms with E-state index >= 15 is 4.39 Å². The van der Waals surface area contributed by atoms with Gasteiger partial charge in [0, 0.05) is 30.3 Å². The number of pyridine rings is 1. The van der Waals surface area contributed by atoms with E-state index in [1.165, 1.54) is 38.0 Å². The number of carbonyl (C=O) groups is 1. The number of likely N-dealkylation sites (N-methyl/N-ethyl adjacent to an activating group) is 1. The van der Waals surface area contributed by atoms with E-state index in [2.05, 4.69) is 64.9 Å². The lowest BCUT2D eigenvalue weighted by atomic mass is 10.0. The Hall–Kier alpha value is -4.90. The second kappa shape index (κ2) is 22.5. The molecule has 0 aliphatic carbocycles. The first kappa shape index (κ1) is 44.5. The van der Waals surface area contributed by atoms with Crippen molar-refractivity contribution in [3.05, 3.63) is 84.3 Å². The van der Waals surface area contributed by atoms with E-state index in [4.69, 9.17) is 9.47 Å². The number of ether oxygens (including phenoxy) is 2. The summed E-state index contributed by atoms with van der Waals surface area (Å²) in [7, 11) is 4.01. The maximum absolute atomic E-state index is 15.3.